The number of benzene rings is 2. The van der Waals surface area contributed by atoms with E-state index in [9.17, 15) is 10.2 Å². The Hall–Kier alpha value is -1.92. The second kappa shape index (κ2) is 16.3. The molecule has 0 radical (unpaired) electrons. The fourth-order valence-corrected chi connectivity index (χ4v) is 8.06. The van der Waals surface area contributed by atoms with Gasteiger partial charge in [0, 0.05) is 6.61 Å². The summed E-state index contributed by atoms with van der Waals surface area (Å²) in [5.41, 5.74) is 4.35. The average Bonchev–Trinajstić information content (AvgIpc) is 3.08. The predicted molar refractivity (Wildman–Crippen MR) is 183 cm³/mol. The van der Waals surface area contributed by atoms with E-state index < -0.39 is 11.2 Å². The predicted octanol–water partition coefficient (Wildman–Crippen LogP) is 9.08. The molecule has 1 heterocycles. The number of hydrogen-bond donors (Lipinski definition) is 2. The Morgan fingerprint density at radius 1 is 0.778 bits per heavy atom. The van der Waals surface area contributed by atoms with Crippen molar-refractivity contribution < 1.29 is 24.4 Å². The van der Waals surface area contributed by atoms with E-state index in [1.54, 1.807) is 0 Å². The Labute approximate surface area is 273 Å². The highest BCUT2D eigenvalue weighted by Gasteiger charge is 2.41. The number of aliphatic hydroxyl groups excluding tert-OH is 2. The van der Waals surface area contributed by atoms with E-state index in [4.69, 9.17) is 14.2 Å². The smallest absolute Gasteiger partial charge is 0.162 e. The molecule has 250 valence electrons. The van der Waals surface area contributed by atoms with Gasteiger partial charge in [-0.1, -0.05) is 75.8 Å². The number of ether oxygens (including phenoxy) is 3. The van der Waals surface area contributed by atoms with E-state index in [0.717, 1.165) is 35.5 Å². The molecule has 5 nitrogen and oxygen atoms in total. The van der Waals surface area contributed by atoms with Crippen LogP contribution in [0.5, 0.6) is 5.75 Å². The van der Waals surface area contributed by atoms with Gasteiger partial charge in [-0.05, 0) is 123 Å². The topological polar surface area (TPSA) is 68.2 Å². The molecule has 0 spiro atoms. The zero-order chi connectivity index (χ0) is 31.7. The maximum Gasteiger partial charge on any atom is 0.162 e. The molecule has 0 amide bonds. The van der Waals surface area contributed by atoms with E-state index in [-0.39, 0.29) is 13.2 Å². The van der Waals surface area contributed by atoms with E-state index >= 15 is 0 Å². The SMILES string of the molecule is CCCCCC1CCC(C2CCC(c3ccc(-c4ccc(OCC5(CO)COC(C)(C)OC5)c(CCCO)c4)cc3)CC2)CC1. The van der Waals surface area contributed by atoms with Crippen molar-refractivity contribution >= 4 is 0 Å². The van der Waals surface area contributed by atoms with Gasteiger partial charge in [0.15, 0.2) is 5.79 Å². The van der Waals surface area contributed by atoms with Gasteiger partial charge in [0.2, 0.25) is 0 Å². The number of hydrogen-bond acceptors (Lipinski definition) is 5. The molecule has 1 aliphatic heterocycles. The Balaban J connectivity index is 1.15. The highest BCUT2D eigenvalue weighted by atomic mass is 16.7. The summed E-state index contributed by atoms with van der Waals surface area (Å²) in [4.78, 5) is 0. The molecule has 2 aromatic carbocycles. The van der Waals surface area contributed by atoms with Crippen molar-refractivity contribution in [2.75, 3.05) is 33.0 Å². The third-order valence-corrected chi connectivity index (χ3v) is 11.2. The van der Waals surface area contributed by atoms with Crippen molar-refractivity contribution in [3.8, 4) is 16.9 Å². The molecule has 0 aromatic heterocycles. The van der Waals surface area contributed by atoms with E-state index in [1.807, 2.05) is 19.9 Å². The van der Waals surface area contributed by atoms with Gasteiger partial charge in [-0.25, -0.2) is 0 Å². The highest BCUT2D eigenvalue weighted by molar-refractivity contribution is 5.66. The van der Waals surface area contributed by atoms with Crippen LogP contribution in [0.4, 0.5) is 0 Å². The Morgan fingerprint density at radius 3 is 2.04 bits per heavy atom. The first kappa shape index (κ1) is 34.4. The average molecular weight is 621 g/mol. The number of aliphatic hydroxyl groups is 2. The van der Waals surface area contributed by atoms with Crippen LogP contribution in [0.3, 0.4) is 0 Å². The van der Waals surface area contributed by atoms with Gasteiger partial charge >= 0.3 is 0 Å². The molecule has 0 atom stereocenters. The lowest BCUT2D eigenvalue weighted by Gasteiger charge is -2.42. The van der Waals surface area contributed by atoms with Crippen molar-refractivity contribution in [2.45, 2.75) is 122 Å². The van der Waals surface area contributed by atoms with E-state index in [0.29, 0.717) is 32.2 Å². The standard InChI is InChI=1S/C40H60O5/c1-4-5-6-8-30-10-12-31(13-11-30)32-14-16-33(17-15-32)34-18-20-35(21-19-34)36-22-23-38(37(25-36)9-7-24-41)43-27-40(26-42)28-44-39(2,3)45-29-40/h18-23,25,30-33,41-42H,4-17,24,26-29H2,1-3H3. The zero-order valence-electron chi connectivity index (χ0n) is 28.4. The van der Waals surface area contributed by atoms with Crippen LogP contribution in [-0.4, -0.2) is 49.0 Å². The molecule has 2 saturated carbocycles. The molecule has 0 bridgehead atoms. The van der Waals surface area contributed by atoms with Crippen molar-refractivity contribution in [1.82, 2.24) is 0 Å². The van der Waals surface area contributed by atoms with Crippen LogP contribution in [0.25, 0.3) is 11.1 Å². The largest absolute Gasteiger partial charge is 0.492 e. The monoisotopic (exact) mass is 620 g/mol. The van der Waals surface area contributed by atoms with Crippen molar-refractivity contribution in [2.24, 2.45) is 23.2 Å². The molecule has 1 saturated heterocycles. The summed E-state index contributed by atoms with van der Waals surface area (Å²) in [5.74, 6) is 3.78. The van der Waals surface area contributed by atoms with Gasteiger partial charge in [-0.2, -0.15) is 0 Å². The number of rotatable bonds is 14. The molecular weight excluding hydrogens is 560 g/mol. The number of unbranched alkanes of at least 4 members (excludes halogenated alkanes) is 2. The fraction of sp³-hybridized carbons (Fsp3) is 0.700. The van der Waals surface area contributed by atoms with Crippen LogP contribution < -0.4 is 4.74 Å². The maximum absolute atomic E-state index is 10.1. The van der Waals surface area contributed by atoms with Crippen molar-refractivity contribution in [3.05, 3.63) is 53.6 Å². The second-order valence-corrected chi connectivity index (χ2v) is 15.1. The fourth-order valence-electron chi connectivity index (χ4n) is 8.06. The Bertz CT molecular complexity index is 1150. The molecule has 5 heteroatoms. The van der Waals surface area contributed by atoms with Crippen LogP contribution in [0.2, 0.25) is 0 Å². The van der Waals surface area contributed by atoms with Gasteiger partial charge in [0.25, 0.3) is 0 Å². The summed E-state index contributed by atoms with van der Waals surface area (Å²) >= 11 is 0. The van der Waals surface area contributed by atoms with E-state index in [1.165, 1.54) is 93.7 Å². The first-order valence-electron chi connectivity index (χ1n) is 18.2. The van der Waals surface area contributed by atoms with Crippen LogP contribution in [0.1, 0.15) is 121 Å². The van der Waals surface area contributed by atoms with Gasteiger partial charge in [-0.3, -0.25) is 0 Å². The van der Waals surface area contributed by atoms with Crippen molar-refractivity contribution in [3.63, 3.8) is 0 Å². The highest BCUT2D eigenvalue weighted by Crippen LogP contribution is 2.45. The minimum Gasteiger partial charge on any atom is -0.492 e. The van der Waals surface area contributed by atoms with Crippen LogP contribution >= 0.6 is 0 Å². The van der Waals surface area contributed by atoms with Gasteiger partial charge in [-0.15, -0.1) is 0 Å². The van der Waals surface area contributed by atoms with Gasteiger partial charge in [0.1, 0.15) is 12.4 Å². The first-order chi connectivity index (χ1) is 21.8. The molecule has 5 rings (SSSR count). The first-order valence-corrected chi connectivity index (χ1v) is 18.2. The summed E-state index contributed by atoms with van der Waals surface area (Å²) in [6, 6.07) is 15.6. The third kappa shape index (κ3) is 9.34. The second-order valence-electron chi connectivity index (χ2n) is 15.1. The lowest BCUT2D eigenvalue weighted by molar-refractivity contribution is -0.293. The van der Waals surface area contributed by atoms with Crippen LogP contribution in [0.15, 0.2) is 42.5 Å². The summed E-state index contributed by atoms with van der Waals surface area (Å²) in [5, 5.41) is 19.7. The quantitative estimate of drug-likeness (QED) is 0.206. The van der Waals surface area contributed by atoms with Crippen molar-refractivity contribution in [1.29, 1.82) is 0 Å². The molecule has 3 fully saturated rings. The zero-order valence-corrected chi connectivity index (χ0v) is 28.4. The number of aryl methyl sites for hydroxylation is 1. The van der Waals surface area contributed by atoms with Gasteiger partial charge < -0.3 is 24.4 Å². The molecule has 2 aromatic rings. The van der Waals surface area contributed by atoms with E-state index in [2.05, 4.69) is 43.3 Å². The Morgan fingerprint density at radius 2 is 1.42 bits per heavy atom. The normalized spacial score (nSPS) is 26.4. The molecule has 2 N–H and O–H groups in total. The van der Waals surface area contributed by atoms with Gasteiger partial charge in [0.05, 0.1) is 25.2 Å². The van der Waals surface area contributed by atoms with Crippen LogP contribution in [0, 0.1) is 23.2 Å². The molecule has 2 aliphatic carbocycles. The minimum atomic E-state index is -0.645. The minimum absolute atomic E-state index is 0.0681. The third-order valence-electron chi connectivity index (χ3n) is 11.2. The molecule has 3 aliphatic rings. The molecular formula is C40H60O5. The summed E-state index contributed by atoms with van der Waals surface area (Å²) in [7, 11) is 0. The van der Waals surface area contributed by atoms with Crippen LogP contribution in [-0.2, 0) is 15.9 Å². The Kier molecular flexibility index (Phi) is 12.4. The lowest BCUT2D eigenvalue weighted by atomic mass is 9.68. The molecule has 0 unspecified atom stereocenters. The molecule has 45 heavy (non-hydrogen) atoms. The maximum atomic E-state index is 10.1. The summed E-state index contributed by atoms with van der Waals surface area (Å²) < 4.78 is 18.0. The lowest BCUT2D eigenvalue weighted by Crippen LogP contribution is -2.51. The summed E-state index contributed by atoms with van der Waals surface area (Å²) in [6.07, 6.45) is 18.5. The summed E-state index contributed by atoms with van der Waals surface area (Å²) in [6.45, 7) is 7.24.